The second kappa shape index (κ2) is 8.07. The molecule has 156 valence electrons. The molecule has 0 atom stereocenters. The van der Waals surface area contributed by atoms with Gasteiger partial charge in [-0.2, -0.15) is 13.2 Å². The molecule has 0 unspecified atom stereocenters. The lowest BCUT2D eigenvalue weighted by Gasteiger charge is -2.15. The third-order valence-corrected chi connectivity index (χ3v) is 5.46. The Morgan fingerprint density at radius 3 is 2.38 bits per heavy atom. The SMILES string of the molecule is Cc1cc([N+](=O)[O-])cc(S(=O)(=O)Nc2ccccc2C(=O)NCC(F)(F)F)c1C. The maximum Gasteiger partial charge on any atom is 0.405 e. The van der Waals surface area contributed by atoms with E-state index in [-0.39, 0.29) is 21.7 Å². The van der Waals surface area contributed by atoms with Crippen LogP contribution in [-0.2, 0) is 10.0 Å². The lowest BCUT2D eigenvalue weighted by atomic mass is 10.1. The molecule has 2 rings (SSSR count). The van der Waals surface area contributed by atoms with Crippen LogP contribution in [-0.4, -0.2) is 32.0 Å². The summed E-state index contributed by atoms with van der Waals surface area (Å²) < 4.78 is 64.7. The molecular formula is C17H16F3N3O5S. The van der Waals surface area contributed by atoms with E-state index in [1.165, 1.54) is 38.1 Å². The minimum Gasteiger partial charge on any atom is -0.343 e. The Bertz CT molecular complexity index is 1070. The zero-order valence-corrected chi connectivity index (χ0v) is 16.0. The zero-order chi connectivity index (χ0) is 22.0. The maximum absolute atomic E-state index is 12.8. The number of aryl methyl sites for hydroxylation is 1. The van der Waals surface area contributed by atoms with Crippen LogP contribution >= 0.6 is 0 Å². The van der Waals surface area contributed by atoms with Crippen LogP contribution in [0, 0.1) is 24.0 Å². The van der Waals surface area contributed by atoms with Gasteiger partial charge >= 0.3 is 6.18 Å². The summed E-state index contributed by atoms with van der Waals surface area (Å²) in [6, 6.07) is 7.16. The normalized spacial score (nSPS) is 11.8. The molecule has 0 fully saturated rings. The summed E-state index contributed by atoms with van der Waals surface area (Å²) in [5.41, 5.74) is -0.432. The third-order valence-electron chi connectivity index (χ3n) is 3.97. The van der Waals surface area contributed by atoms with E-state index in [0.29, 0.717) is 5.56 Å². The summed E-state index contributed by atoms with van der Waals surface area (Å²) in [4.78, 5) is 22.0. The monoisotopic (exact) mass is 431 g/mol. The number of rotatable bonds is 6. The highest BCUT2D eigenvalue weighted by atomic mass is 32.2. The van der Waals surface area contributed by atoms with Gasteiger partial charge in [0.05, 0.1) is 21.1 Å². The van der Waals surface area contributed by atoms with E-state index in [1.54, 1.807) is 5.32 Å². The molecule has 2 aromatic rings. The number of hydrogen-bond acceptors (Lipinski definition) is 5. The first kappa shape index (κ1) is 22.1. The minimum absolute atomic E-state index is 0.252. The average Bonchev–Trinajstić information content (AvgIpc) is 2.61. The zero-order valence-electron chi connectivity index (χ0n) is 15.2. The number of hydrogen-bond donors (Lipinski definition) is 2. The number of halogens is 3. The molecule has 1 amide bonds. The lowest BCUT2D eigenvalue weighted by molar-refractivity contribution is -0.385. The van der Waals surface area contributed by atoms with Crippen LogP contribution in [0.1, 0.15) is 21.5 Å². The number of carbonyl (C=O) groups is 1. The van der Waals surface area contributed by atoms with Crippen LogP contribution in [0.15, 0.2) is 41.3 Å². The smallest absolute Gasteiger partial charge is 0.343 e. The number of sulfonamides is 1. The van der Waals surface area contributed by atoms with Gasteiger partial charge in [0.15, 0.2) is 0 Å². The number of amides is 1. The highest BCUT2D eigenvalue weighted by Crippen LogP contribution is 2.28. The van der Waals surface area contributed by atoms with Gasteiger partial charge in [0.25, 0.3) is 21.6 Å². The van der Waals surface area contributed by atoms with Crippen molar-refractivity contribution in [2.45, 2.75) is 24.9 Å². The van der Waals surface area contributed by atoms with Gasteiger partial charge < -0.3 is 5.32 Å². The van der Waals surface area contributed by atoms with Gasteiger partial charge in [-0.3, -0.25) is 19.6 Å². The highest BCUT2D eigenvalue weighted by Gasteiger charge is 2.29. The van der Waals surface area contributed by atoms with E-state index in [4.69, 9.17) is 0 Å². The predicted molar refractivity (Wildman–Crippen MR) is 98.2 cm³/mol. The molecule has 0 radical (unpaired) electrons. The fraction of sp³-hybridized carbons (Fsp3) is 0.235. The second-order valence-electron chi connectivity index (χ2n) is 6.09. The van der Waals surface area contributed by atoms with Gasteiger partial charge in [-0.1, -0.05) is 12.1 Å². The van der Waals surface area contributed by atoms with E-state index in [0.717, 1.165) is 12.1 Å². The van der Waals surface area contributed by atoms with Crippen LogP contribution < -0.4 is 10.0 Å². The summed E-state index contributed by atoms with van der Waals surface area (Å²) >= 11 is 0. The van der Waals surface area contributed by atoms with Crippen molar-refractivity contribution in [1.29, 1.82) is 0 Å². The Morgan fingerprint density at radius 1 is 1.17 bits per heavy atom. The Kier molecular flexibility index (Phi) is 6.16. The molecule has 0 aromatic heterocycles. The van der Waals surface area contributed by atoms with E-state index >= 15 is 0 Å². The van der Waals surface area contributed by atoms with Gasteiger partial charge in [0.1, 0.15) is 6.54 Å². The number of nitro benzene ring substituents is 1. The standard InChI is InChI=1S/C17H16F3N3O5S/c1-10-7-12(23(25)26)8-15(11(10)2)29(27,28)22-14-6-4-3-5-13(14)16(24)21-9-17(18,19)20/h3-8,22H,9H2,1-2H3,(H,21,24). The van der Waals surface area contributed by atoms with Crippen molar-refractivity contribution in [3.8, 4) is 0 Å². The number of para-hydroxylation sites is 1. The van der Waals surface area contributed by atoms with Crippen molar-refractivity contribution in [2.24, 2.45) is 0 Å². The Balaban J connectivity index is 2.42. The van der Waals surface area contributed by atoms with Gasteiger partial charge in [-0.15, -0.1) is 0 Å². The van der Waals surface area contributed by atoms with E-state index in [1.807, 2.05) is 0 Å². The molecule has 0 saturated heterocycles. The van der Waals surface area contributed by atoms with Crippen molar-refractivity contribution >= 4 is 27.3 Å². The minimum atomic E-state index is -4.64. The predicted octanol–water partition coefficient (Wildman–Crippen LogP) is 3.30. The van der Waals surface area contributed by atoms with E-state index in [2.05, 4.69) is 4.72 Å². The Labute approximate surface area is 163 Å². The van der Waals surface area contributed by atoms with Crippen molar-refractivity contribution in [3.05, 3.63) is 63.2 Å². The van der Waals surface area contributed by atoms with Crippen LogP contribution in [0.25, 0.3) is 0 Å². The molecule has 8 nitrogen and oxygen atoms in total. The highest BCUT2D eigenvalue weighted by molar-refractivity contribution is 7.92. The van der Waals surface area contributed by atoms with Crippen molar-refractivity contribution < 1.29 is 31.3 Å². The summed E-state index contributed by atoms with van der Waals surface area (Å²) in [7, 11) is -4.38. The second-order valence-corrected chi connectivity index (χ2v) is 7.74. The molecule has 29 heavy (non-hydrogen) atoms. The van der Waals surface area contributed by atoms with Crippen molar-refractivity contribution in [1.82, 2.24) is 5.32 Å². The number of non-ortho nitro benzene ring substituents is 1. The molecule has 0 aliphatic carbocycles. The molecule has 0 saturated carbocycles. The van der Waals surface area contributed by atoms with E-state index in [9.17, 15) is 36.5 Å². The number of alkyl halides is 3. The van der Waals surface area contributed by atoms with Crippen LogP contribution in [0.4, 0.5) is 24.5 Å². The van der Waals surface area contributed by atoms with Gasteiger partial charge in [-0.05, 0) is 37.1 Å². The molecule has 0 aliphatic rings. The molecule has 0 bridgehead atoms. The van der Waals surface area contributed by atoms with Gasteiger partial charge in [0.2, 0.25) is 0 Å². The number of benzene rings is 2. The quantitative estimate of drug-likeness (QED) is 0.537. The molecule has 0 heterocycles. The van der Waals surface area contributed by atoms with Crippen molar-refractivity contribution in [3.63, 3.8) is 0 Å². The number of nitrogens with zero attached hydrogens (tertiary/aromatic N) is 1. The molecule has 2 aromatic carbocycles. The number of nitrogens with one attached hydrogen (secondary N) is 2. The Hall–Kier alpha value is -3.15. The molecule has 0 spiro atoms. The van der Waals surface area contributed by atoms with Crippen LogP contribution in [0.2, 0.25) is 0 Å². The lowest BCUT2D eigenvalue weighted by Crippen LogP contribution is -2.34. The third kappa shape index (κ3) is 5.44. The average molecular weight is 431 g/mol. The summed E-state index contributed by atoms with van der Waals surface area (Å²) in [5.74, 6) is -1.13. The van der Waals surface area contributed by atoms with Crippen LogP contribution in [0.3, 0.4) is 0 Å². The maximum atomic E-state index is 12.8. The number of carbonyl (C=O) groups excluding carboxylic acids is 1. The van der Waals surface area contributed by atoms with Crippen LogP contribution in [0.5, 0.6) is 0 Å². The number of nitro groups is 1. The first-order valence-electron chi connectivity index (χ1n) is 8.04. The van der Waals surface area contributed by atoms with Gasteiger partial charge in [-0.25, -0.2) is 8.42 Å². The molecular weight excluding hydrogens is 415 g/mol. The fourth-order valence-electron chi connectivity index (χ4n) is 2.44. The molecule has 12 heteroatoms. The largest absolute Gasteiger partial charge is 0.405 e. The first-order chi connectivity index (χ1) is 13.3. The molecule has 0 aliphatic heterocycles. The summed E-state index contributed by atoms with van der Waals surface area (Å²) in [6.07, 6.45) is -4.64. The Morgan fingerprint density at radius 2 is 1.79 bits per heavy atom. The number of anilines is 1. The summed E-state index contributed by atoms with van der Waals surface area (Å²) in [5, 5.41) is 12.7. The molecule has 2 N–H and O–H groups in total. The van der Waals surface area contributed by atoms with Gasteiger partial charge in [0, 0.05) is 12.1 Å². The van der Waals surface area contributed by atoms with E-state index < -0.39 is 39.3 Å². The summed E-state index contributed by atoms with van der Waals surface area (Å²) in [6.45, 7) is 1.37. The fourth-order valence-corrected chi connectivity index (χ4v) is 3.86. The van der Waals surface area contributed by atoms with Crippen molar-refractivity contribution in [2.75, 3.05) is 11.3 Å². The topological polar surface area (TPSA) is 118 Å². The first-order valence-corrected chi connectivity index (χ1v) is 9.52.